The summed E-state index contributed by atoms with van der Waals surface area (Å²) in [6.07, 6.45) is -0.0877. The van der Waals surface area contributed by atoms with Crippen molar-refractivity contribution >= 4 is 40.1 Å². The summed E-state index contributed by atoms with van der Waals surface area (Å²) in [6.45, 7) is 3.86. The maximum atomic E-state index is 12.7. The summed E-state index contributed by atoms with van der Waals surface area (Å²) in [5.74, 6) is -1.34. The summed E-state index contributed by atoms with van der Waals surface area (Å²) in [6, 6.07) is 11.7. The fraction of sp³-hybridized carbons (Fsp3) is 0.269. The number of aromatic amines is 2. The zero-order valence-corrected chi connectivity index (χ0v) is 22.1. The molecule has 12 heteroatoms. The molecule has 1 fully saturated rings. The Hall–Kier alpha value is -4.32. The molecule has 0 aliphatic carbocycles. The number of nitrogens with zero attached hydrogens (tertiary/aromatic N) is 2. The minimum atomic E-state index is -1.04. The number of carbonyl (C=O) groups excluding carboxylic acids is 2. The third-order valence-corrected chi connectivity index (χ3v) is 7.33. The summed E-state index contributed by atoms with van der Waals surface area (Å²) in [5.41, 5.74) is 2.26. The molecule has 5 N–H and O–H groups in total. The van der Waals surface area contributed by atoms with Crippen molar-refractivity contribution in [2.75, 3.05) is 24.3 Å². The van der Waals surface area contributed by atoms with Crippen LogP contribution in [-0.2, 0) is 9.59 Å². The monoisotopic (exact) mass is 536 g/mol. The Morgan fingerprint density at radius 1 is 1.11 bits per heavy atom. The van der Waals surface area contributed by atoms with E-state index in [2.05, 4.69) is 25.6 Å². The minimum Gasteiger partial charge on any atom is -0.494 e. The maximum absolute atomic E-state index is 12.7. The predicted molar refractivity (Wildman–Crippen MR) is 148 cm³/mol. The van der Waals surface area contributed by atoms with Gasteiger partial charge in [-0.15, -0.1) is 0 Å². The average Bonchev–Trinajstić information content (AvgIpc) is 3.19. The van der Waals surface area contributed by atoms with Gasteiger partial charge in [-0.3, -0.25) is 24.4 Å². The molecule has 0 bridgehead atoms. The largest absolute Gasteiger partial charge is 0.494 e. The molecule has 0 saturated carbocycles. The van der Waals surface area contributed by atoms with Gasteiger partial charge in [0.25, 0.3) is 5.56 Å². The van der Waals surface area contributed by atoms with Gasteiger partial charge in [0.1, 0.15) is 16.9 Å². The van der Waals surface area contributed by atoms with Crippen LogP contribution in [0.4, 0.5) is 11.4 Å². The highest BCUT2D eigenvalue weighted by atomic mass is 32.2. The zero-order chi connectivity index (χ0) is 27.6. The molecule has 2 heterocycles. The van der Waals surface area contributed by atoms with Crippen LogP contribution >= 0.6 is 11.8 Å². The molecule has 2 atom stereocenters. The van der Waals surface area contributed by atoms with Crippen LogP contribution in [0.5, 0.6) is 5.88 Å². The first-order valence-corrected chi connectivity index (χ1v) is 12.7. The van der Waals surface area contributed by atoms with Crippen LogP contribution < -0.4 is 26.8 Å². The maximum Gasteiger partial charge on any atom is 0.328 e. The van der Waals surface area contributed by atoms with E-state index in [9.17, 15) is 24.3 Å². The second kappa shape index (κ2) is 11.0. The molecule has 0 unspecified atom stereocenters. The van der Waals surface area contributed by atoms with Crippen molar-refractivity contribution in [2.45, 2.75) is 31.6 Å². The number of aromatic hydroxyl groups is 1. The molecular formula is C26H28N6O5S. The summed E-state index contributed by atoms with van der Waals surface area (Å²) in [7, 11) is 3.76. The number of rotatable bonds is 7. The smallest absolute Gasteiger partial charge is 0.328 e. The number of H-pyrrole nitrogens is 2. The highest BCUT2D eigenvalue weighted by molar-refractivity contribution is 8.15. The fourth-order valence-electron chi connectivity index (χ4n) is 3.97. The van der Waals surface area contributed by atoms with E-state index >= 15 is 0 Å². The average molecular weight is 537 g/mol. The Kier molecular flexibility index (Phi) is 7.72. The number of anilines is 2. The molecule has 38 heavy (non-hydrogen) atoms. The first-order valence-electron chi connectivity index (χ1n) is 11.8. The Morgan fingerprint density at radius 3 is 2.47 bits per heavy atom. The number of nitrogens with one attached hydrogen (secondary N) is 4. The van der Waals surface area contributed by atoms with Gasteiger partial charge in [0.15, 0.2) is 5.17 Å². The third kappa shape index (κ3) is 5.80. The molecule has 1 saturated heterocycles. The van der Waals surface area contributed by atoms with Crippen LogP contribution in [0.2, 0.25) is 0 Å². The molecule has 1 aliphatic heterocycles. The molecular weight excluding hydrogens is 508 g/mol. The van der Waals surface area contributed by atoms with Crippen LogP contribution in [0, 0.1) is 13.8 Å². The lowest BCUT2D eigenvalue weighted by molar-refractivity contribution is -0.122. The second-order valence-electron chi connectivity index (χ2n) is 9.09. The van der Waals surface area contributed by atoms with Crippen LogP contribution in [-0.4, -0.2) is 51.4 Å². The van der Waals surface area contributed by atoms with Crippen LogP contribution in [0.3, 0.4) is 0 Å². The van der Waals surface area contributed by atoms with Crippen molar-refractivity contribution in [2.24, 2.45) is 4.99 Å². The Labute approximate surface area is 222 Å². The molecule has 11 nitrogen and oxygen atoms in total. The molecule has 2 amide bonds. The number of aromatic nitrogens is 2. The number of amides is 2. The van der Waals surface area contributed by atoms with Gasteiger partial charge in [-0.05, 0) is 48.7 Å². The van der Waals surface area contributed by atoms with Crippen molar-refractivity contribution in [3.63, 3.8) is 0 Å². The number of aliphatic imine (C=N–C) groups is 1. The highest BCUT2D eigenvalue weighted by Crippen LogP contribution is 2.32. The normalized spacial score (nSPS) is 16.8. The third-order valence-electron chi connectivity index (χ3n) is 6.23. The summed E-state index contributed by atoms with van der Waals surface area (Å²) in [5, 5.41) is 15.4. The van der Waals surface area contributed by atoms with E-state index in [1.807, 2.05) is 57.1 Å². The number of hydrogen-bond acceptors (Lipinski definition) is 8. The molecule has 2 aromatic carbocycles. The van der Waals surface area contributed by atoms with E-state index in [0.29, 0.717) is 11.3 Å². The lowest BCUT2D eigenvalue weighted by Gasteiger charge is -2.17. The molecule has 198 valence electrons. The van der Waals surface area contributed by atoms with E-state index in [4.69, 9.17) is 0 Å². The fourth-order valence-corrected chi connectivity index (χ4v) is 4.97. The van der Waals surface area contributed by atoms with Gasteiger partial charge in [0.05, 0.1) is 0 Å². The zero-order valence-electron chi connectivity index (χ0n) is 21.3. The van der Waals surface area contributed by atoms with Crippen molar-refractivity contribution in [1.29, 1.82) is 0 Å². The molecule has 0 radical (unpaired) electrons. The first kappa shape index (κ1) is 26.7. The van der Waals surface area contributed by atoms with Gasteiger partial charge >= 0.3 is 5.69 Å². The van der Waals surface area contributed by atoms with E-state index in [0.717, 1.165) is 28.6 Å². The first-order chi connectivity index (χ1) is 18.0. The topological polar surface area (TPSA) is 160 Å². The van der Waals surface area contributed by atoms with Crippen molar-refractivity contribution < 1.29 is 14.7 Å². The SMILES string of the molecule is Cc1cccc(NC(=O)C[C@@H]2SC(=N[C@H](c3ccc(N(C)C)cc3)c3c(O)[nH]c(=O)[nH]c3=O)NC2=O)c1C. The van der Waals surface area contributed by atoms with E-state index in [1.54, 1.807) is 18.2 Å². The summed E-state index contributed by atoms with van der Waals surface area (Å²) < 4.78 is 0. The summed E-state index contributed by atoms with van der Waals surface area (Å²) >= 11 is 1.06. The van der Waals surface area contributed by atoms with Crippen LogP contribution in [0.15, 0.2) is 57.0 Å². The lowest BCUT2D eigenvalue weighted by atomic mass is 10.0. The Balaban J connectivity index is 1.61. The number of hydrogen-bond donors (Lipinski definition) is 5. The van der Waals surface area contributed by atoms with Crippen molar-refractivity contribution in [1.82, 2.24) is 15.3 Å². The van der Waals surface area contributed by atoms with Gasteiger partial charge in [0.2, 0.25) is 17.7 Å². The quantitative estimate of drug-likeness (QED) is 0.309. The predicted octanol–water partition coefficient (Wildman–Crippen LogP) is 2.16. The molecule has 1 aliphatic rings. The van der Waals surface area contributed by atoms with Gasteiger partial charge in [0, 0.05) is 31.9 Å². The van der Waals surface area contributed by atoms with Gasteiger partial charge in [-0.2, -0.15) is 0 Å². The minimum absolute atomic E-state index is 0.0877. The molecule has 1 aromatic heterocycles. The van der Waals surface area contributed by atoms with E-state index in [1.165, 1.54) is 0 Å². The van der Waals surface area contributed by atoms with Crippen molar-refractivity contribution in [3.8, 4) is 5.88 Å². The molecule has 0 spiro atoms. The number of carbonyl (C=O) groups is 2. The highest BCUT2D eigenvalue weighted by Gasteiger charge is 2.34. The molecule has 4 rings (SSSR count). The summed E-state index contributed by atoms with van der Waals surface area (Å²) in [4.78, 5) is 60.4. The van der Waals surface area contributed by atoms with Gasteiger partial charge in [-0.1, -0.05) is 36.0 Å². The number of aryl methyl sites for hydroxylation is 1. The van der Waals surface area contributed by atoms with Gasteiger partial charge < -0.3 is 20.6 Å². The lowest BCUT2D eigenvalue weighted by Crippen LogP contribution is -2.29. The van der Waals surface area contributed by atoms with Crippen molar-refractivity contribution in [3.05, 3.63) is 85.6 Å². The Bertz CT molecular complexity index is 1530. The van der Waals surface area contributed by atoms with Gasteiger partial charge in [-0.25, -0.2) is 9.79 Å². The standard InChI is InChI=1S/C26H28N6O5S/c1-13-6-5-7-17(14(13)2)27-19(33)12-18-22(34)31-26(38-18)28-21(15-8-10-16(11-9-15)32(3)4)20-23(35)29-25(37)30-24(20)36/h5-11,18,21H,12H2,1-4H3,(H,27,33)(H,28,31,34)(H3,29,30,35,36,37)/t18-,21+/m0/s1. The van der Waals surface area contributed by atoms with Crippen LogP contribution in [0.25, 0.3) is 0 Å². The molecule has 3 aromatic rings. The number of benzene rings is 2. The second-order valence-corrected chi connectivity index (χ2v) is 10.3. The Morgan fingerprint density at radius 2 is 1.82 bits per heavy atom. The number of thioether (sulfide) groups is 1. The van der Waals surface area contributed by atoms with E-state index < -0.39 is 34.3 Å². The van der Waals surface area contributed by atoms with Crippen LogP contribution in [0.1, 0.15) is 34.7 Å². The van der Waals surface area contributed by atoms with E-state index in [-0.39, 0.29) is 23.1 Å². The number of amidine groups is 1.